The first kappa shape index (κ1) is 26.6. The van der Waals surface area contributed by atoms with E-state index in [9.17, 15) is 5.11 Å². The van der Waals surface area contributed by atoms with E-state index in [1.54, 1.807) is 0 Å². The predicted molar refractivity (Wildman–Crippen MR) is 147 cm³/mol. The van der Waals surface area contributed by atoms with Crippen LogP contribution < -0.4 is 0 Å². The van der Waals surface area contributed by atoms with Gasteiger partial charge in [0.25, 0.3) is 0 Å². The van der Waals surface area contributed by atoms with Crippen molar-refractivity contribution < 1.29 is 28.8 Å². The van der Waals surface area contributed by atoms with Gasteiger partial charge in [0.1, 0.15) is 36.6 Å². The number of fused-ring (bicyclic) bond motifs is 1. The summed E-state index contributed by atoms with van der Waals surface area (Å²) >= 11 is 0. The largest absolute Gasteiger partial charge is 0.387 e. The molecule has 0 bridgehead atoms. The molecule has 39 heavy (non-hydrogen) atoms. The van der Waals surface area contributed by atoms with Crippen LogP contribution in [-0.2, 0) is 43.5 Å². The van der Waals surface area contributed by atoms with E-state index in [1.807, 2.05) is 91.0 Å². The van der Waals surface area contributed by atoms with Gasteiger partial charge in [0.15, 0.2) is 5.79 Å². The Kier molecular flexibility index (Phi) is 8.40. The Bertz CT molecular complexity index is 1150. The summed E-state index contributed by atoms with van der Waals surface area (Å²) in [6.45, 7) is 1.10. The molecule has 2 saturated carbocycles. The fourth-order valence-electron chi connectivity index (χ4n) is 6.13. The van der Waals surface area contributed by atoms with Crippen LogP contribution in [0.2, 0.25) is 0 Å². The molecule has 1 N–H and O–H groups in total. The molecule has 1 saturated heterocycles. The number of ether oxygens (including phenoxy) is 5. The summed E-state index contributed by atoms with van der Waals surface area (Å²) in [6.07, 6.45) is 1.33. The summed E-state index contributed by atoms with van der Waals surface area (Å²) in [7, 11) is 0. The molecule has 3 aromatic rings. The van der Waals surface area contributed by atoms with Crippen LogP contribution in [0.5, 0.6) is 0 Å². The van der Waals surface area contributed by atoms with Crippen molar-refractivity contribution in [3.63, 3.8) is 0 Å². The van der Waals surface area contributed by atoms with Gasteiger partial charge < -0.3 is 28.8 Å². The van der Waals surface area contributed by atoms with Crippen LogP contribution in [0.1, 0.15) is 48.8 Å². The number of benzene rings is 3. The van der Waals surface area contributed by atoms with Crippen molar-refractivity contribution in [2.75, 3.05) is 0 Å². The first-order valence-electron chi connectivity index (χ1n) is 14.2. The van der Waals surface area contributed by atoms with Crippen molar-refractivity contribution in [3.8, 4) is 0 Å². The standard InChI is InChI=1S/C33H38O6/c34-27-28(35-21-24-13-5-1-6-14-24)30(37-23-26-17-9-3-10-18-26)32-31(38-33(39-32)19-11-4-12-20-33)29(27)36-22-25-15-7-2-8-16-25/h1-3,5-10,13-18,27-32,34H,4,11-12,19-23H2/t27-,28-,29+,30+,31-,32+/m0/s1. The zero-order valence-corrected chi connectivity index (χ0v) is 22.3. The maximum atomic E-state index is 11.8. The van der Waals surface area contributed by atoms with Gasteiger partial charge in [-0.2, -0.15) is 0 Å². The molecule has 0 radical (unpaired) electrons. The summed E-state index contributed by atoms with van der Waals surface area (Å²) < 4.78 is 32.9. The third kappa shape index (κ3) is 6.12. The molecule has 0 unspecified atom stereocenters. The molecule has 1 spiro atoms. The molecule has 3 aromatic carbocycles. The van der Waals surface area contributed by atoms with Crippen molar-refractivity contribution in [2.45, 2.75) is 94.3 Å². The van der Waals surface area contributed by atoms with E-state index in [0.717, 1.165) is 42.4 Å². The summed E-state index contributed by atoms with van der Waals surface area (Å²) in [5.41, 5.74) is 3.12. The minimum Gasteiger partial charge on any atom is -0.387 e. The topological polar surface area (TPSA) is 66.4 Å². The van der Waals surface area contributed by atoms with E-state index in [4.69, 9.17) is 23.7 Å². The molecule has 2 aliphatic carbocycles. The second kappa shape index (κ2) is 12.3. The molecule has 3 aliphatic rings. The van der Waals surface area contributed by atoms with E-state index in [2.05, 4.69) is 0 Å². The molecule has 3 fully saturated rings. The van der Waals surface area contributed by atoms with Crippen LogP contribution in [-0.4, -0.2) is 47.5 Å². The first-order chi connectivity index (χ1) is 19.2. The summed E-state index contributed by atoms with van der Waals surface area (Å²) in [6, 6.07) is 30.1. The van der Waals surface area contributed by atoms with Gasteiger partial charge in [-0.05, 0) is 29.5 Å². The first-order valence-corrected chi connectivity index (χ1v) is 14.2. The fourth-order valence-corrected chi connectivity index (χ4v) is 6.13. The van der Waals surface area contributed by atoms with Gasteiger partial charge in [-0.25, -0.2) is 0 Å². The van der Waals surface area contributed by atoms with Gasteiger partial charge in [0.2, 0.25) is 0 Å². The molecule has 0 aromatic heterocycles. The van der Waals surface area contributed by atoms with Crippen LogP contribution in [0.3, 0.4) is 0 Å². The lowest BCUT2D eigenvalue weighted by molar-refractivity contribution is -0.238. The lowest BCUT2D eigenvalue weighted by Gasteiger charge is -2.44. The molecule has 0 amide bonds. The molecule has 6 heteroatoms. The summed E-state index contributed by atoms with van der Waals surface area (Å²) in [5, 5.41) is 11.8. The summed E-state index contributed by atoms with van der Waals surface area (Å²) in [5.74, 6) is -0.662. The smallest absolute Gasteiger partial charge is 0.169 e. The monoisotopic (exact) mass is 530 g/mol. The third-order valence-corrected chi connectivity index (χ3v) is 8.14. The van der Waals surface area contributed by atoms with Crippen LogP contribution in [0, 0.1) is 0 Å². The molecule has 6 atom stereocenters. The average Bonchev–Trinajstić information content (AvgIpc) is 3.34. The molecular formula is C33H38O6. The van der Waals surface area contributed by atoms with Crippen LogP contribution in [0.4, 0.5) is 0 Å². The Balaban J connectivity index is 1.29. The Labute approximate surface area is 230 Å². The number of hydrogen-bond acceptors (Lipinski definition) is 6. The van der Waals surface area contributed by atoms with Crippen molar-refractivity contribution in [2.24, 2.45) is 0 Å². The zero-order chi connectivity index (χ0) is 26.5. The highest BCUT2D eigenvalue weighted by molar-refractivity contribution is 5.17. The molecule has 6 rings (SSSR count). The molecule has 1 aliphatic heterocycles. The Morgan fingerprint density at radius 2 is 0.974 bits per heavy atom. The minimum absolute atomic E-state index is 0.350. The van der Waals surface area contributed by atoms with Crippen molar-refractivity contribution in [1.82, 2.24) is 0 Å². The highest BCUT2D eigenvalue weighted by atomic mass is 16.8. The Morgan fingerprint density at radius 3 is 1.46 bits per heavy atom. The number of aliphatic hydroxyl groups is 1. The third-order valence-electron chi connectivity index (χ3n) is 8.14. The molecular weight excluding hydrogens is 492 g/mol. The molecule has 6 nitrogen and oxygen atoms in total. The van der Waals surface area contributed by atoms with Crippen molar-refractivity contribution in [3.05, 3.63) is 108 Å². The molecule has 1 heterocycles. The van der Waals surface area contributed by atoms with Gasteiger partial charge in [0.05, 0.1) is 19.8 Å². The van der Waals surface area contributed by atoms with Crippen molar-refractivity contribution >= 4 is 0 Å². The van der Waals surface area contributed by atoms with Crippen LogP contribution in [0.15, 0.2) is 91.0 Å². The van der Waals surface area contributed by atoms with Gasteiger partial charge >= 0.3 is 0 Å². The van der Waals surface area contributed by atoms with E-state index >= 15 is 0 Å². The quantitative estimate of drug-likeness (QED) is 0.391. The van der Waals surface area contributed by atoms with E-state index < -0.39 is 42.4 Å². The van der Waals surface area contributed by atoms with Gasteiger partial charge in [-0.3, -0.25) is 0 Å². The van der Waals surface area contributed by atoms with Crippen LogP contribution in [0.25, 0.3) is 0 Å². The normalized spacial score (nSPS) is 29.8. The number of rotatable bonds is 9. The van der Waals surface area contributed by atoms with Gasteiger partial charge in [0, 0.05) is 12.8 Å². The second-order valence-electron chi connectivity index (χ2n) is 10.9. The molecule has 206 valence electrons. The van der Waals surface area contributed by atoms with E-state index in [0.29, 0.717) is 19.8 Å². The predicted octanol–water partition coefficient (Wildman–Crippen LogP) is 5.56. The SMILES string of the molecule is O[C@@H]1[C@@H](OCc2ccccc2)[C@@H]2OC3(CCCCC3)O[C@@H]2[C@H](OCc2ccccc2)[C@H]1OCc1ccccc1. The maximum Gasteiger partial charge on any atom is 0.169 e. The minimum atomic E-state index is -0.957. The number of aliphatic hydroxyl groups excluding tert-OH is 1. The highest BCUT2D eigenvalue weighted by Gasteiger charge is 2.61. The maximum absolute atomic E-state index is 11.8. The average molecular weight is 531 g/mol. The second-order valence-corrected chi connectivity index (χ2v) is 10.9. The van der Waals surface area contributed by atoms with Crippen LogP contribution >= 0.6 is 0 Å². The zero-order valence-electron chi connectivity index (χ0n) is 22.3. The lowest BCUT2D eigenvalue weighted by Crippen LogP contribution is -2.64. The van der Waals surface area contributed by atoms with Gasteiger partial charge in [-0.15, -0.1) is 0 Å². The number of hydrogen-bond donors (Lipinski definition) is 1. The van der Waals surface area contributed by atoms with E-state index in [1.165, 1.54) is 6.42 Å². The Hall–Kier alpha value is -2.58. The van der Waals surface area contributed by atoms with Gasteiger partial charge in [-0.1, -0.05) is 97.4 Å². The van der Waals surface area contributed by atoms with E-state index in [-0.39, 0.29) is 0 Å². The Morgan fingerprint density at radius 1 is 0.564 bits per heavy atom. The summed E-state index contributed by atoms with van der Waals surface area (Å²) in [4.78, 5) is 0. The lowest BCUT2D eigenvalue weighted by atomic mass is 9.84. The highest BCUT2D eigenvalue weighted by Crippen LogP contribution is 2.47. The fraction of sp³-hybridized carbons (Fsp3) is 0.455. The van der Waals surface area contributed by atoms with Crippen molar-refractivity contribution in [1.29, 1.82) is 0 Å².